The van der Waals surface area contributed by atoms with Crippen LogP contribution in [0.2, 0.25) is 0 Å². The molecule has 0 bridgehead atoms. The van der Waals surface area contributed by atoms with Crippen LogP contribution in [-0.2, 0) is 19.4 Å². The normalized spacial score (nSPS) is 12.8. The Balaban J connectivity index is 2.68. The molecule has 107 valence electrons. The molecule has 1 aromatic heterocycles. The van der Waals surface area contributed by atoms with E-state index in [1.807, 2.05) is 0 Å². The maximum atomic E-state index is 13.0. The van der Waals surface area contributed by atoms with Crippen LogP contribution >= 0.6 is 0 Å². The van der Waals surface area contributed by atoms with Crippen molar-refractivity contribution in [2.45, 2.75) is 12.4 Å². The molecule has 0 saturated heterocycles. The second-order valence-electron chi connectivity index (χ2n) is 4.16. The van der Waals surface area contributed by atoms with Gasteiger partial charge in [-0.2, -0.15) is 26.3 Å². The maximum Gasteiger partial charge on any atom is 0.417 e. The highest BCUT2D eigenvalue weighted by Crippen LogP contribution is 2.40. The first kappa shape index (κ1) is 14.5. The van der Waals surface area contributed by atoms with E-state index < -0.39 is 23.5 Å². The smallest absolute Gasteiger partial charge is 0.342 e. The summed E-state index contributed by atoms with van der Waals surface area (Å²) in [7, 11) is 1.47. The van der Waals surface area contributed by atoms with Gasteiger partial charge in [0.15, 0.2) is 0 Å². The molecule has 2 aromatic rings. The summed E-state index contributed by atoms with van der Waals surface area (Å²) in [6.45, 7) is 0. The van der Waals surface area contributed by atoms with Crippen LogP contribution in [-0.4, -0.2) is 4.57 Å². The number of alkyl halides is 6. The Labute approximate surface area is 110 Å². The average molecular weight is 292 g/mol. The molecular weight excluding hydrogens is 284 g/mol. The third-order valence-corrected chi connectivity index (χ3v) is 2.80. The summed E-state index contributed by atoms with van der Waals surface area (Å²) in [4.78, 5) is 0. The molecule has 1 radical (unpaired) electrons. The number of rotatable bonds is 1. The summed E-state index contributed by atoms with van der Waals surface area (Å²) in [5.74, 6) is 0. The van der Waals surface area contributed by atoms with E-state index in [-0.39, 0.29) is 17.3 Å². The fraction of sp³-hybridized carbons (Fsp3) is 0.231. The van der Waals surface area contributed by atoms with Gasteiger partial charge in [0.2, 0.25) is 0 Å². The van der Waals surface area contributed by atoms with Gasteiger partial charge in [-0.25, -0.2) is 0 Å². The van der Waals surface area contributed by atoms with Gasteiger partial charge in [0.05, 0.1) is 17.3 Å². The van der Waals surface area contributed by atoms with Crippen molar-refractivity contribution in [3.63, 3.8) is 0 Å². The standard InChI is InChI=1S/C13H8F6N/c1-20-6-2-3-11(20)9-5-4-8(12(14,15)16)7-10(9)13(17,18)19/h2-5,7H,1H3. The quantitative estimate of drug-likeness (QED) is 0.681. The Morgan fingerprint density at radius 1 is 0.950 bits per heavy atom. The fourth-order valence-electron chi connectivity index (χ4n) is 1.86. The highest BCUT2D eigenvalue weighted by molar-refractivity contribution is 5.66. The second kappa shape index (κ2) is 4.57. The van der Waals surface area contributed by atoms with Gasteiger partial charge in [0.25, 0.3) is 0 Å². The van der Waals surface area contributed by atoms with E-state index in [4.69, 9.17) is 0 Å². The molecule has 7 heteroatoms. The maximum absolute atomic E-state index is 13.0. The summed E-state index contributed by atoms with van der Waals surface area (Å²) in [6, 6.07) is 4.35. The first-order valence-corrected chi connectivity index (χ1v) is 5.43. The lowest BCUT2D eigenvalue weighted by molar-refractivity contribution is -0.142. The number of hydrogen-bond acceptors (Lipinski definition) is 0. The van der Waals surface area contributed by atoms with Crippen LogP contribution in [0.5, 0.6) is 0 Å². The number of halogens is 6. The van der Waals surface area contributed by atoms with Crippen LogP contribution in [0, 0.1) is 6.20 Å². The number of nitrogens with zero attached hydrogens (tertiary/aromatic N) is 1. The average Bonchev–Trinajstić information content (AvgIpc) is 2.72. The Morgan fingerprint density at radius 3 is 2.05 bits per heavy atom. The summed E-state index contributed by atoms with van der Waals surface area (Å²) in [6.07, 6.45) is -7.08. The molecule has 20 heavy (non-hydrogen) atoms. The Morgan fingerprint density at radius 2 is 1.60 bits per heavy atom. The first-order chi connectivity index (χ1) is 9.10. The Bertz CT molecular complexity index is 621. The predicted octanol–water partition coefficient (Wildman–Crippen LogP) is 4.53. The molecule has 1 heterocycles. The van der Waals surface area contributed by atoms with Crippen LogP contribution in [0.15, 0.2) is 30.3 Å². The van der Waals surface area contributed by atoms with Crippen molar-refractivity contribution >= 4 is 0 Å². The third kappa shape index (κ3) is 2.66. The van der Waals surface area contributed by atoms with Crippen LogP contribution in [0.1, 0.15) is 11.1 Å². The number of benzene rings is 1. The molecule has 0 fully saturated rings. The van der Waals surface area contributed by atoms with Gasteiger partial charge in [0, 0.05) is 18.3 Å². The van der Waals surface area contributed by atoms with Gasteiger partial charge in [-0.05, 0) is 24.3 Å². The molecule has 0 unspecified atom stereocenters. The van der Waals surface area contributed by atoms with Crippen molar-refractivity contribution in [3.05, 3.63) is 47.7 Å². The SMILES string of the molecule is Cn1[c]ccc1-c1ccc(C(F)(F)F)cc1C(F)(F)F. The van der Waals surface area contributed by atoms with E-state index in [9.17, 15) is 26.3 Å². The molecule has 0 N–H and O–H groups in total. The van der Waals surface area contributed by atoms with Gasteiger partial charge in [-0.3, -0.25) is 0 Å². The largest absolute Gasteiger partial charge is 0.417 e. The Kier molecular flexibility index (Phi) is 3.31. The molecule has 1 nitrogen and oxygen atoms in total. The topological polar surface area (TPSA) is 4.93 Å². The van der Waals surface area contributed by atoms with Gasteiger partial charge >= 0.3 is 12.4 Å². The number of hydrogen-bond donors (Lipinski definition) is 0. The second-order valence-corrected chi connectivity index (χ2v) is 4.16. The lowest BCUT2D eigenvalue weighted by Crippen LogP contribution is -2.12. The molecule has 0 atom stereocenters. The summed E-state index contributed by atoms with van der Waals surface area (Å²) in [5, 5.41) is 0. The highest BCUT2D eigenvalue weighted by Gasteiger charge is 2.38. The minimum absolute atomic E-state index is 0.127. The van der Waals surface area contributed by atoms with Crippen molar-refractivity contribution < 1.29 is 26.3 Å². The summed E-state index contributed by atoms with van der Waals surface area (Å²) >= 11 is 0. The zero-order chi connectivity index (χ0) is 15.1. The summed E-state index contributed by atoms with van der Waals surface area (Å²) < 4.78 is 77.7. The lowest BCUT2D eigenvalue weighted by Gasteiger charge is -2.16. The van der Waals surface area contributed by atoms with E-state index in [0.717, 1.165) is 6.07 Å². The fourth-order valence-corrected chi connectivity index (χ4v) is 1.86. The van der Waals surface area contributed by atoms with Gasteiger partial charge < -0.3 is 4.57 Å². The third-order valence-electron chi connectivity index (χ3n) is 2.80. The minimum atomic E-state index is -4.87. The van der Waals surface area contributed by atoms with Crippen LogP contribution < -0.4 is 0 Å². The zero-order valence-corrected chi connectivity index (χ0v) is 10.1. The Hall–Kier alpha value is -1.92. The van der Waals surface area contributed by atoms with Crippen molar-refractivity contribution in [1.82, 2.24) is 4.57 Å². The molecule has 0 saturated carbocycles. The monoisotopic (exact) mass is 292 g/mol. The van der Waals surface area contributed by atoms with Crippen LogP contribution in [0.25, 0.3) is 11.3 Å². The first-order valence-electron chi connectivity index (χ1n) is 5.43. The van der Waals surface area contributed by atoms with Gasteiger partial charge in [-0.15, -0.1) is 0 Å². The zero-order valence-electron chi connectivity index (χ0n) is 10.1. The predicted molar refractivity (Wildman–Crippen MR) is 59.7 cm³/mol. The van der Waals surface area contributed by atoms with E-state index in [2.05, 4.69) is 6.20 Å². The number of aromatic nitrogens is 1. The van der Waals surface area contributed by atoms with Gasteiger partial charge in [-0.1, -0.05) is 6.07 Å². The lowest BCUT2D eigenvalue weighted by atomic mass is 10.0. The molecule has 1 aromatic carbocycles. The molecule has 0 amide bonds. The number of aryl methyl sites for hydroxylation is 1. The molecular formula is C13H8F6N. The van der Waals surface area contributed by atoms with E-state index >= 15 is 0 Å². The molecule has 0 aliphatic rings. The van der Waals surface area contributed by atoms with E-state index in [1.54, 1.807) is 0 Å². The minimum Gasteiger partial charge on any atom is -0.342 e. The van der Waals surface area contributed by atoms with E-state index in [0.29, 0.717) is 6.07 Å². The summed E-state index contributed by atoms with van der Waals surface area (Å²) in [5.41, 5.74) is -2.81. The van der Waals surface area contributed by atoms with Crippen molar-refractivity contribution in [3.8, 4) is 11.3 Å². The van der Waals surface area contributed by atoms with Crippen molar-refractivity contribution in [1.29, 1.82) is 0 Å². The molecule has 0 aliphatic heterocycles. The van der Waals surface area contributed by atoms with Gasteiger partial charge in [0.1, 0.15) is 0 Å². The molecule has 0 aliphatic carbocycles. The van der Waals surface area contributed by atoms with E-state index in [1.165, 1.54) is 23.7 Å². The highest BCUT2D eigenvalue weighted by atomic mass is 19.4. The molecule has 2 rings (SSSR count). The van der Waals surface area contributed by atoms with Crippen LogP contribution in [0.4, 0.5) is 26.3 Å². The van der Waals surface area contributed by atoms with Crippen molar-refractivity contribution in [2.24, 2.45) is 7.05 Å². The molecule has 0 spiro atoms. The van der Waals surface area contributed by atoms with Crippen molar-refractivity contribution in [2.75, 3.05) is 0 Å². The van der Waals surface area contributed by atoms with Crippen LogP contribution in [0.3, 0.4) is 0 Å².